The summed E-state index contributed by atoms with van der Waals surface area (Å²) >= 11 is 0. The summed E-state index contributed by atoms with van der Waals surface area (Å²) in [5, 5.41) is 0. The van der Waals surface area contributed by atoms with Crippen molar-refractivity contribution in [1.29, 1.82) is 0 Å². The van der Waals surface area contributed by atoms with Crippen molar-refractivity contribution in [3.05, 3.63) is 12.3 Å². The number of rotatable bonds is 11. The number of amides is 1. The second kappa shape index (κ2) is 14.2. The van der Waals surface area contributed by atoms with E-state index in [4.69, 9.17) is 19.5 Å². The van der Waals surface area contributed by atoms with Crippen molar-refractivity contribution in [1.82, 2.24) is 4.90 Å². The molecule has 24 heavy (non-hydrogen) atoms. The predicted octanol–water partition coefficient (Wildman–Crippen LogP) is -2.12. The molecule has 0 spiro atoms. The number of amidine groups is 1. The Balaban J connectivity index is 0.00000529. The number of ether oxygens (including phenoxy) is 1. The van der Waals surface area contributed by atoms with Gasteiger partial charge in [-0.15, -0.1) is 0 Å². The van der Waals surface area contributed by atoms with E-state index >= 15 is 0 Å². The number of carbonyl (C=O) groups excluding carboxylic acids is 1. The van der Waals surface area contributed by atoms with Crippen molar-refractivity contribution in [2.75, 3.05) is 20.3 Å². The standard InChI is InChI=1S/C14H25N3O5P.Na/c1-3-4-9-20-23(19)21-10-12-5-6-14(22-12)17(11-18)8-7-13(15)16-2;/h7-8,11-12,14H,3-6,9-10H2,1-2H3,(H2,15,16);/q-1;+1/b8-7-;. The molecule has 8 nitrogen and oxygen atoms in total. The van der Waals surface area contributed by atoms with Gasteiger partial charge in [0.2, 0.25) is 6.41 Å². The molecule has 132 valence electrons. The molecule has 1 fully saturated rings. The van der Waals surface area contributed by atoms with Gasteiger partial charge in [0.25, 0.3) is 0 Å². The van der Waals surface area contributed by atoms with Crippen molar-refractivity contribution >= 4 is 20.8 Å². The molecule has 0 radical (unpaired) electrons. The number of unbranched alkanes of at least 4 members (excludes halogenated alkanes) is 1. The topological polar surface area (TPSA) is 109 Å². The molecule has 0 aromatic rings. The molecule has 0 aromatic heterocycles. The average Bonchev–Trinajstić information content (AvgIpc) is 3.02. The maximum atomic E-state index is 11.5. The Morgan fingerprint density at radius 2 is 2.25 bits per heavy atom. The van der Waals surface area contributed by atoms with Crippen LogP contribution in [-0.4, -0.2) is 49.7 Å². The molecule has 3 atom stereocenters. The van der Waals surface area contributed by atoms with Crippen LogP contribution in [0.15, 0.2) is 17.3 Å². The van der Waals surface area contributed by atoms with E-state index in [1.54, 1.807) is 7.05 Å². The van der Waals surface area contributed by atoms with Gasteiger partial charge in [0, 0.05) is 13.2 Å². The van der Waals surface area contributed by atoms with E-state index in [0.29, 0.717) is 31.7 Å². The zero-order chi connectivity index (χ0) is 17.1. The third kappa shape index (κ3) is 9.44. The Bertz CT molecular complexity index is 414. The van der Waals surface area contributed by atoms with E-state index in [1.807, 2.05) is 6.92 Å². The zero-order valence-electron chi connectivity index (χ0n) is 14.6. The summed E-state index contributed by atoms with van der Waals surface area (Å²) in [5.74, 6) is 0.316. The number of aliphatic imine (C=N–C) groups is 1. The van der Waals surface area contributed by atoms with E-state index < -0.39 is 8.60 Å². The van der Waals surface area contributed by atoms with Crippen LogP contribution in [0.25, 0.3) is 0 Å². The van der Waals surface area contributed by atoms with Gasteiger partial charge in [-0.1, -0.05) is 13.3 Å². The third-order valence-electron chi connectivity index (χ3n) is 3.28. The minimum Gasteiger partial charge on any atom is -0.786 e. The molecular formula is C14H25N3NaO5P. The Kier molecular flexibility index (Phi) is 14.1. The molecular weight excluding hydrogens is 344 g/mol. The van der Waals surface area contributed by atoms with Gasteiger partial charge in [0.15, 0.2) is 0 Å². The number of hydrogen-bond acceptors (Lipinski definition) is 6. The second-order valence-corrected chi connectivity index (χ2v) is 5.98. The van der Waals surface area contributed by atoms with Gasteiger partial charge in [-0.3, -0.25) is 14.7 Å². The summed E-state index contributed by atoms with van der Waals surface area (Å²) in [7, 11) is -0.555. The van der Waals surface area contributed by atoms with Gasteiger partial charge in [-0.25, -0.2) is 0 Å². The van der Waals surface area contributed by atoms with E-state index in [-0.39, 0.29) is 48.5 Å². The number of nitrogens with zero attached hydrogens (tertiary/aromatic N) is 2. The predicted molar refractivity (Wildman–Crippen MR) is 86.2 cm³/mol. The van der Waals surface area contributed by atoms with Gasteiger partial charge < -0.3 is 24.4 Å². The summed E-state index contributed by atoms with van der Waals surface area (Å²) in [5.41, 5.74) is 5.55. The van der Waals surface area contributed by atoms with Gasteiger partial charge in [0.05, 0.1) is 27.9 Å². The summed E-state index contributed by atoms with van der Waals surface area (Å²) < 4.78 is 15.9. The van der Waals surface area contributed by atoms with Crippen LogP contribution in [0.1, 0.15) is 32.6 Å². The van der Waals surface area contributed by atoms with Gasteiger partial charge >= 0.3 is 29.6 Å². The van der Waals surface area contributed by atoms with Gasteiger partial charge in [0.1, 0.15) is 12.1 Å². The Morgan fingerprint density at radius 1 is 1.50 bits per heavy atom. The normalized spacial score (nSPS) is 22.4. The first kappa shape index (κ1) is 23.9. The molecule has 0 saturated carbocycles. The number of nitrogens with two attached hydrogens (primary N) is 1. The SMILES string of the molecule is CCCCOP([O-])OCC1CCC(N(C=O)/C=C\C(N)=NC)O1.[Na+]. The molecule has 10 heteroatoms. The van der Waals surface area contributed by atoms with Crippen molar-refractivity contribution in [3.8, 4) is 0 Å². The molecule has 1 rings (SSSR count). The quantitative estimate of drug-likeness (QED) is 0.111. The van der Waals surface area contributed by atoms with Crippen LogP contribution in [0.5, 0.6) is 0 Å². The van der Waals surface area contributed by atoms with E-state index in [9.17, 15) is 9.69 Å². The fraction of sp³-hybridized carbons (Fsp3) is 0.714. The maximum absolute atomic E-state index is 11.5. The fourth-order valence-corrected chi connectivity index (χ4v) is 2.57. The minimum absolute atomic E-state index is 0. The van der Waals surface area contributed by atoms with Crippen molar-refractivity contribution in [2.45, 2.75) is 44.9 Å². The Labute approximate surface area is 166 Å². The van der Waals surface area contributed by atoms with Crippen LogP contribution < -0.4 is 40.2 Å². The van der Waals surface area contributed by atoms with Gasteiger partial charge in [-0.2, -0.15) is 0 Å². The Hall–Kier alpha value is -0.0500. The van der Waals surface area contributed by atoms with Crippen molar-refractivity contribution < 1.29 is 53.0 Å². The fourth-order valence-electron chi connectivity index (χ4n) is 1.93. The van der Waals surface area contributed by atoms with E-state index in [1.165, 1.54) is 17.2 Å². The summed E-state index contributed by atoms with van der Waals surface area (Å²) in [6.45, 7) is 2.62. The third-order valence-corrected chi connectivity index (χ3v) is 4.03. The van der Waals surface area contributed by atoms with Crippen LogP contribution in [0.3, 0.4) is 0 Å². The Morgan fingerprint density at radius 3 is 2.88 bits per heavy atom. The molecule has 1 heterocycles. The molecule has 1 aliphatic heterocycles. The molecule has 1 aliphatic rings. The first-order valence-electron chi connectivity index (χ1n) is 7.62. The number of hydrogen-bond donors (Lipinski definition) is 1. The molecule has 0 bridgehead atoms. The first-order valence-corrected chi connectivity index (χ1v) is 8.72. The molecule has 1 saturated heterocycles. The molecule has 2 N–H and O–H groups in total. The van der Waals surface area contributed by atoms with E-state index in [0.717, 1.165) is 12.8 Å². The van der Waals surface area contributed by atoms with E-state index in [2.05, 4.69) is 4.99 Å². The molecule has 0 aromatic carbocycles. The average molecular weight is 369 g/mol. The van der Waals surface area contributed by atoms with Gasteiger partial charge in [-0.05, 0) is 25.3 Å². The van der Waals surface area contributed by atoms with Crippen molar-refractivity contribution in [3.63, 3.8) is 0 Å². The minimum atomic E-state index is -2.12. The summed E-state index contributed by atoms with van der Waals surface area (Å²) in [6.07, 6.45) is 6.30. The first-order chi connectivity index (χ1) is 11.1. The largest absolute Gasteiger partial charge is 1.00 e. The monoisotopic (exact) mass is 369 g/mol. The van der Waals surface area contributed by atoms with Crippen LogP contribution in [0.4, 0.5) is 0 Å². The van der Waals surface area contributed by atoms with Crippen LogP contribution in [0.2, 0.25) is 0 Å². The second-order valence-electron chi connectivity index (χ2n) is 5.01. The molecule has 1 amide bonds. The zero-order valence-corrected chi connectivity index (χ0v) is 17.5. The smallest absolute Gasteiger partial charge is 0.786 e. The summed E-state index contributed by atoms with van der Waals surface area (Å²) in [6, 6.07) is 0. The van der Waals surface area contributed by atoms with Crippen molar-refractivity contribution in [2.24, 2.45) is 10.7 Å². The molecule has 3 unspecified atom stereocenters. The van der Waals surface area contributed by atoms with Crippen LogP contribution in [0, 0.1) is 0 Å². The number of carbonyl (C=O) groups is 1. The summed E-state index contributed by atoms with van der Waals surface area (Å²) in [4.78, 5) is 27.8. The van der Waals surface area contributed by atoms with Crippen LogP contribution in [-0.2, 0) is 18.6 Å². The van der Waals surface area contributed by atoms with Crippen LogP contribution >= 0.6 is 8.60 Å². The molecule has 0 aliphatic carbocycles. The maximum Gasteiger partial charge on any atom is 1.00 e.